The number of hydrogen-bond acceptors (Lipinski definition) is 4. The van der Waals surface area contributed by atoms with Crippen molar-refractivity contribution in [1.29, 1.82) is 0 Å². The van der Waals surface area contributed by atoms with Crippen molar-refractivity contribution in [1.82, 2.24) is 9.21 Å². The van der Waals surface area contributed by atoms with Gasteiger partial charge in [0, 0.05) is 32.7 Å². The van der Waals surface area contributed by atoms with Gasteiger partial charge in [0.2, 0.25) is 0 Å². The highest BCUT2D eigenvalue weighted by Gasteiger charge is 2.29. The van der Waals surface area contributed by atoms with E-state index < -0.39 is 10.0 Å². The zero-order valence-electron chi connectivity index (χ0n) is 15.0. The molecule has 1 aliphatic heterocycles. The summed E-state index contributed by atoms with van der Waals surface area (Å²) >= 11 is 1.28. The predicted molar refractivity (Wildman–Crippen MR) is 110 cm³/mol. The van der Waals surface area contributed by atoms with Crippen LogP contribution in [0.4, 0.5) is 0 Å². The van der Waals surface area contributed by atoms with Gasteiger partial charge in [-0.3, -0.25) is 4.90 Å². The number of sulfonamides is 1. The van der Waals surface area contributed by atoms with Crippen molar-refractivity contribution >= 4 is 21.4 Å². The summed E-state index contributed by atoms with van der Waals surface area (Å²) in [6.45, 7) is 3.45. The fourth-order valence-corrected chi connectivity index (χ4v) is 5.92. The lowest BCUT2D eigenvalue weighted by molar-refractivity contribution is 0.182. The van der Waals surface area contributed by atoms with E-state index in [0.29, 0.717) is 17.3 Å². The third-order valence-electron chi connectivity index (χ3n) is 4.89. The van der Waals surface area contributed by atoms with Crippen LogP contribution in [-0.2, 0) is 16.6 Å². The standard InChI is InChI=1S/C21H22N2O2S2/c24-27(25,21-7-4-16-26-21)23-14-12-22(13-15-23)17-18-8-10-20(11-9-18)19-5-2-1-3-6-19/h1-11,16H,12-15,17H2. The lowest BCUT2D eigenvalue weighted by Crippen LogP contribution is -2.48. The van der Waals surface area contributed by atoms with Gasteiger partial charge in [-0.05, 0) is 28.1 Å². The molecule has 4 nitrogen and oxygen atoms in total. The lowest BCUT2D eigenvalue weighted by atomic mass is 10.0. The summed E-state index contributed by atoms with van der Waals surface area (Å²) in [4.78, 5) is 2.32. The quantitative estimate of drug-likeness (QED) is 0.654. The molecule has 2 heterocycles. The first-order valence-corrected chi connectivity index (χ1v) is 11.4. The van der Waals surface area contributed by atoms with E-state index in [1.54, 1.807) is 16.4 Å². The van der Waals surface area contributed by atoms with E-state index in [1.165, 1.54) is 28.0 Å². The summed E-state index contributed by atoms with van der Waals surface area (Å²) in [6.07, 6.45) is 0. The van der Waals surface area contributed by atoms with Crippen molar-refractivity contribution in [3.05, 3.63) is 77.7 Å². The maximum atomic E-state index is 12.6. The molecule has 0 bridgehead atoms. The maximum absolute atomic E-state index is 12.6. The fraction of sp³-hybridized carbons (Fsp3) is 0.238. The molecule has 4 rings (SSSR count). The molecule has 1 saturated heterocycles. The molecule has 6 heteroatoms. The predicted octanol–water partition coefficient (Wildman–Crippen LogP) is 3.92. The second-order valence-corrected chi connectivity index (χ2v) is 9.79. The first-order chi connectivity index (χ1) is 13.1. The number of benzene rings is 2. The Kier molecular flexibility index (Phi) is 5.41. The van der Waals surface area contributed by atoms with Crippen molar-refractivity contribution in [3.63, 3.8) is 0 Å². The highest BCUT2D eigenvalue weighted by Crippen LogP contribution is 2.23. The first kappa shape index (κ1) is 18.4. The molecule has 3 aromatic rings. The van der Waals surface area contributed by atoms with E-state index in [0.717, 1.165) is 19.6 Å². The molecular formula is C21H22N2O2S2. The highest BCUT2D eigenvalue weighted by molar-refractivity contribution is 7.91. The zero-order valence-corrected chi connectivity index (χ0v) is 16.6. The smallest absolute Gasteiger partial charge is 0.252 e. The normalized spacial score (nSPS) is 16.4. The molecule has 140 valence electrons. The molecule has 0 saturated carbocycles. The largest absolute Gasteiger partial charge is 0.296 e. The Labute approximate surface area is 164 Å². The van der Waals surface area contributed by atoms with Crippen molar-refractivity contribution in [2.45, 2.75) is 10.8 Å². The summed E-state index contributed by atoms with van der Waals surface area (Å²) in [6, 6.07) is 22.5. The lowest BCUT2D eigenvalue weighted by Gasteiger charge is -2.33. The van der Waals surface area contributed by atoms with Crippen molar-refractivity contribution < 1.29 is 8.42 Å². The molecule has 0 radical (unpaired) electrons. The van der Waals surface area contributed by atoms with Crippen LogP contribution >= 0.6 is 11.3 Å². The van der Waals surface area contributed by atoms with Crippen LogP contribution in [0.1, 0.15) is 5.56 Å². The van der Waals surface area contributed by atoms with Gasteiger partial charge >= 0.3 is 0 Å². The van der Waals surface area contributed by atoms with Gasteiger partial charge in [-0.25, -0.2) is 8.42 Å². The Morgan fingerprint density at radius 1 is 0.778 bits per heavy atom. The van der Waals surface area contributed by atoms with E-state index >= 15 is 0 Å². The fourth-order valence-electron chi connectivity index (χ4n) is 3.36. The van der Waals surface area contributed by atoms with Crippen molar-refractivity contribution in [2.75, 3.05) is 26.2 Å². The van der Waals surface area contributed by atoms with E-state index in [9.17, 15) is 8.42 Å². The monoisotopic (exact) mass is 398 g/mol. The molecule has 27 heavy (non-hydrogen) atoms. The average Bonchev–Trinajstić information content (AvgIpc) is 3.26. The Hall–Kier alpha value is -1.99. The van der Waals surface area contributed by atoms with Gasteiger partial charge in [-0.2, -0.15) is 4.31 Å². The Bertz CT molecular complexity index is 961. The number of hydrogen-bond donors (Lipinski definition) is 0. The molecule has 0 unspecified atom stereocenters. The molecule has 1 fully saturated rings. The number of piperazine rings is 1. The molecule has 0 atom stereocenters. The van der Waals surface area contributed by atoms with Crippen LogP contribution in [0.2, 0.25) is 0 Å². The minimum Gasteiger partial charge on any atom is -0.296 e. The SMILES string of the molecule is O=S(=O)(c1cccs1)N1CCN(Cc2ccc(-c3ccccc3)cc2)CC1. The minimum atomic E-state index is -3.33. The van der Waals surface area contributed by atoms with E-state index in [-0.39, 0.29) is 0 Å². The summed E-state index contributed by atoms with van der Waals surface area (Å²) in [5.74, 6) is 0. The number of rotatable bonds is 5. The van der Waals surface area contributed by atoms with Crippen molar-refractivity contribution in [3.8, 4) is 11.1 Å². The Morgan fingerprint density at radius 2 is 1.44 bits per heavy atom. The van der Waals surface area contributed by atoms with Gasteiger partial charge in [0.1, 0.15) is 4.21 Å². The van der Waals surface area contributed by atoms with E-state index in [4.69, 9.17) is 0 Å². The average molecular weight is 399 g/mol. The topological polar surface area (TPSA) is 40.6 Å². The van der Waals surface area contributed by atoms with Gasteiger partial charge in [-0.15, -0.1) is 11.3 Å². The molecule has 0 amide bonds. The van der Waals surface area contributed by atoms with Gasteiger partial charge in [-0.1, -0.05) is 60.7 Å². The van der Waals surface area contributed by atoms with E-state index in [2.05, 4.69) is 41.3 Å². The van der Waals surface area contributed by atoms with Crippen LogP contribution < -0.4 is 0 Å². The van der Waals surface area contributed by atoms with Gasteiger partial charge in [0.25, 0.3) is 10.0 Å². The van der Waals surface area contributed by atoms with Crippen LogP contribution in [0.3, 0.4) is 0 Å². The van der Waals surface area contributed by atoms with Gasteiger partial charge in [0.05, 0.1) is 0 Å². The highest BCUT2D eigenvalue weighted by atomic mass is 32.2. The molecule has 1 aromatic heterocycles. The molecule has 0 aliphatic carbocycles. The minimum absolute atomic E-state index is 0.437. The third-order valence-corrected chi connectivity index (χ3v) is 8.16. The van der Waals surface area contributed by atoms with E-state index in [1.807, 2.05) is 23.6 Å². The van der Waals surface area contributed by atoms with Crippen LogP contribution in [0.25, 0.3) is 11.1 Å². The van der Waals surface area contributed by atoms with Crippen molar-refractivity contribution in [2.24, 2.45) is 0 Å². The van der Waals surface area contributed by atoms with Crippen LogP contribution in [0, 0.1) is 0 Å². The number of thiophene rings is 1. The maximum Gasteiger partial charge on any atom is 0.252 e. The molecule has 0 spiro atoms. The second-order valence-electron chi connectivity index (χ2n) is 6.68. The third kappa shape index (κ3) is 4.14. The molecule has 0 N–H and O–H groups in total. The van der Waals surface area contributed by atoms with Crippen LogP contribution in [0.5, 0.6) is 0 Å². The molecule has 1 aliphatic rings. The summed E-state index contributed by atoms with van der Waals surface area (Å²) in [7, 11) is -3.33. The summed E-state index contributed by atoms with van der Waals surface area (Å²) in [5.41, 5.74) is 3.69. The van der Waals surface area contributed by atoms with Gasteiger partial charge in [0.15, 0.2) is 0 Å². The van der Waals surface area contributed by atoms with Crippen LogP contribution in [0.15, 0.2) is 76.3 Å². The number of nitrogens with zero attached hydrogens (tertiary/aromatic N) is 2. The van der Waals surface area contributed by atoms with Crippen LogP contribution in [-0.4, -0.2) is 43.8 Å². The Balaban J connectivity index is 1.36. The summed E-state index contributed by atoms with van der Waals surface area (Å²) in [5, 5.41) is 1.81. The first-order valence-electron chi connectivity index (χ1n) is 9.03. The molecule has 2 aromatic carbocycles. The Morgan fingerprint density at radius 3 is 2.07 bits per heavy atom. The summed E-state index contributed by atoms with van der Waals surface area (Å²) < 4.78 is 27.2. The molecular weight excluding hydrogens is 376 g/mol. The van der Waals surface area contributed by atoms with Gasteiger partial charge < -0.3 is 0 Å². The second kappa shape index (κ2) is 7.94. The zero-order chi connectivity index (χ0) is 18.7.